The van der Waals surface area contributed by atoms with E-state index in [1.54, 1.807) is 0 Å². The van der Waals surface area contributed by atoms with Gasteiger partial charge in [-0.15, -0.1) is 0 Å². The molecule has 0 aliphatic rings. The molecule has 0 aromatic carbocycles. The topological polar surface area (TPSA) is 0 Å². The molecule has 0 aromatic heterocycles. The van der Waals surface area contributed by atoms with Gasteiger partial charge >= 0.3 is 23.9 Å². The quantitative estimate of drug-likeness (QED) is 0.397. The molecule has 0 unspecified atom stereocenters. The van der Waals surface area contributed by atoms with Crippen LogP contribution in [0.15, 0.2) is 0 Å². The van der Waals surface area contributed by atoms with Crippen molar-refractivity contribution >= 4 is 23.9 Å². The third-order valence-corrected chi connectivity index (χ3v) is 1.71. The van der Waals surface area contributed by atoms with Gasteiger partial charge in [-0.2, -0.15) is 0 Å². The first-order chi connectivity index (χ1) is 5.83. The van der Waals surface area contributed by atoms with Crippen molar-refractivity contribution in [3.63, 3.8) is 0 Å². The Labute approximate surface area is 127 Å². The standard InChI is InChI=1S/2C6H13.2ClH.Sn/c2*1-3-5-6-4-2;;;/h2*1,3-6H2,2H3;2*1H;/q;;;;+2/p-2. The third-order valence-electron chi connectivity index (χ3n) is 1.71. The van der Waals surface area contributed by atoms with Crippen LogP contribution in [0.5, 0.6) is 0 Å². The molecule has 0 fully saturated rings. The van der Waals surface area contributed by atoms with Gasteiger partial charge in [-0.05, 0) is 0 Å². The Bertz CT molecular complexity index is 45.6. The molecule has 0 saturated heterocycles. The molecule has 0 heterocycles. The summed E-state index contributed by atoms with van der Waals surface area (Å²) in [5, 5.41) is 0. The summed E-state index contributed by atoms with van der Waals surface area (Å²) in [5.74, 6) is 0. The number of hydrogen-bond donors (Lipinski definition) is 0. The second-order valence-electron chi connectivity index (χ2n) is 3.12. The van der Waals surface area contributed by atoms with Gasteiger partial charge in [0.2, 0.25) is 0 Å². The number of hydrogen-bond acceptors (Lipinski definition) is 0. The molecule has 3 heteroatoms. The molecule has 0 spiro atoms. The predicted octanol–water partition coefficient (Wildman–Crippen LogP) is -1.57. The van der Waals surface area contributed by atoms with Crippen molar-refractivity contribution in [1.29, 1.82) is 0 Å². The average Bonchev–Trinajstić information content (AvgIpc) is 2.12. The van der Waals surface area contributed by atoms with E-state index in [0.717, 1.165) is 12.8 Å². The van der Waals surface area contributed by atoms with Crippen LogP contribution in [0.25, 0.3) is 0 Å². The van der Waals surface area contributed by atoms with E-state index in [4.69, 9.17) is 0 Å². The summed E-state index contributed by atoms with van der Waals surface area (Å²) in [6, 6.07) is 0. The van der Waals surface area contributed by atoms with E-state index in [2.05, 4.69) is 27.7 Å². The Morgan fingerprint density at radius 3 is 1.00 bits per heavy atom. The van der Waals surface area contributed by atoms with Crippen LogP contribution in [0.2, 0.25) is 0 Å². The molecule has 4 radical (unpaired) electrons. The van der Waals surface area contributed by atoms with E-state index >= 15 is 0 Å². The molecule has 0 N–H and O–H groups in total. The summed E-state index contributed by atoms with van der Waals surface area (Å²) >= 11 is 0. The number of rotatable bonds is 6. The van der Waals surface area contributed by atoms with E-state index < -0.39 is 0 Å². The average molecular weight is 360 g/mol. The van der Waals surface area contributed by atoms with E-state index in [9.17, 15) is 0 Å². The molecular formula is C12H26Cl2Sn. The molecule has 15 heavy (non-hydrogen) atoms. The molecule has 0 saturated carbocycles. The summed E-state index contributed by atoms with van der Waals surface area (Å²) in [4.78, 5) is 0. The van der Waals surface area contributed by atoms with Crippen LogP contribution in [0, 0.1) is 13.8 Å². The van der Waals surface area contributed by atoms with Crippen molar-refractivity contribution in [2.24, 2.45) is 0 Å². The molecule has 0 atom stereocenters. The van der Waals surface area contributed by atoms with Crippen LogP contribution in [0.1, 0.15) is 65.2 Å². The van der Waals surface area contributed by atoms with Gasteiger partial charge in [-0.1, -0.05) is 79.1 Å². The van der Waals surface area contributed by atoms with Gasteiger partial charge in [-0.3, -0.25) is 0 Å². The first-order valence-electron chi connectivity index (χ1n) is 5.41. The fraction of sp³-hybridized carbons (Fsp3) is 0.833. The van der Waals surface area contributed by atoms with Gasteiger partial charge in [-0.25, -0.2) is 0 Å². The van der Waals surface area contributed by atoms with Gasteiger partial charge in [0.15, 0.2) is 0 Å². The summed E-state index contributed by atoms with van der Waals surface area (Å²) in [5.41, 5.74) is 0. The van der Waals surface area contributed by atoms with Crippen LogP contribution in [0.4, 0.5) is 0 Å². The molecule has 0 aromatic rings. The van der Waals surface area contributed by atoms with Crippen LogP contribution in [-0.4, -0.2) is 23.9 Å². The Morgan fingerprint density at radius 2 is 0.933 bits per heavy atom. The van der Waals surface area contributed by atoms with Crippen molar-refractivity contribution in [3.05, 3.63) is 13.8 Å². The smallest absolute Gasteiger partial charge is 1.00 e. The van der Waals surface area contributed by atoms with Crippen LogP contribution in [-0.2, 0) is 0 Å². The van der Waals surface area contributed by atoms with E-state index in [1.165, 1.54) is 38.5 Å². The van der Waals surface area contributed by atoms with Gasteiger partial charge in [0.05, 0.1) is 0 Å². The fourth-order valence-corrected chi connectivity index (χ4v) is 0.854. The zero-order valence-electron chi connectivity index (χ0n) is 10.3. The molecule has 0 aliphatic heterocycles. The molecule has 0 amide bonds. The van der Waals surface area contributed by atoms with Gasteiger partial charge in [0.1, 0.15) is 0 Å². The Morgan fingerprint density at radius 1 is 0.667 bits per heavy atom. The van der Waals surface area contributed by atoms with Crippen LogP contribution >= 0.6 is 0 Å². The van der Waals surface area contributed by atoms with Crippen molar-refractivity contribution in [3.8, 4) is 0 Å². The molecular weight excluding hydrogens is 334 g/mol. The monoisotopic (exact) mass is 360 g/mol. The number of unbranched alkanes of at least 4 members (excludes halogenated alkanes) is 6. The zero-order valence-corrected chi connectivity index (χ0v) is 14.7. The Balaban J connectivity index is -0.0000000370. The predicted molar refractivity (Wildman–Crippen MR) is 64.8 cm³/mol. The van der Waals surface area contributed by atoms with Crippen LogP contribution < -0.4 is 24.8 Å². The maximum absolute atomic E-state index is 3.72. The summed E-state index contributed by atoms with van der Waals surface area (Å²) in [7, 11) is 0. The maximum Gasteiger partial charge on any atom is 2.00 e. The van der Waals surface area contributed by atoms with Crippen molar-refractivity contribution < 1.29 is 24.8 Å². The summed E-state index contributed by atoms with van der Waals surface area (Å²) < 4.78 is 0. The van der Waals surface area contributed by atoms with Crippen molar-refractivity contribution in [2.45, 2.75) is 65.2 Å². The Kier molecular flexibility index (Phi) is 72.1. The minimum Gasteiger partial charge on any atom is -1.00 e. The van der Waals surface area contributed by atoms with Crippen molar-refractivity contribution in [1.82, 2.24) is 0 Å². The van der Waals surface area contributed by atoms with Crippen molar-refractivity contribution in [2.75, 3.05) is 0 Å². The van der Waals surface area contributed by atoms with Gasteiger partial charge in [0.25, 0.3) is 0 Å². The SMILES string of the molecule is [CH2]CCCCC.[CH2]CCCCC.[Cl-].[Cl-].[Sn+2]. The molecule has 0 nitrogen and oxygen atoms in total. The van der Waals surface area contributed by atoms with Crippen LogP contribution in [0.3, 0.4) is 0 Å². The minimum atomic E-state index is 0. The Hall–Kier alpha value is 1.38. The second-order valence-corrected chi connectivity index (χ2v) is 3.12. The first-order valence-corrected chi connectivity index (χ1v) is 5.41. The summed E-state index contributed by atoms with van der Waals surface area (Å²) in [6.45, 7) is 11.9. The second kappa shape index (κ2) is 36.1. The third kappa shape index (κ3) is 50.6. The molecule has 0 aliphatic carbocycles. The van der Waals surface area contributed by atoms with Gasteiger partial charge in [0, 0.05) is 0 Å². The summed E-state index contributed by atoms with van der Waals surface area (Å²) in [6.07, 6.45) is 10.1. The van der Waals surface area contributed by atoms with E-state index in [1.807, 2.05) is 0 Å². The first kappa shape index (κ1) is 29.9. The van der Waals surface area contributed by atoms with Gasteiger partial charge < -0.3 is 24.8 Å². The van der Waals surface area contributed by atoms with E-state index in [0.29, 0.717) is 0 Å². The maximum atomic E-state index is 3.72. The normalized spacial score (nSPS) is 7.20. The minimum absolute atomic E-state index is 0. The number of halogens is 2. The molecule has 0 rings (SSSR count). The molecule has 0 bridgehead atoms. The zero-order chi connectivity index (χ0) is 9.66. The van der Waals surface area contributed by atoms with E-state index in [-0.39, 0.29) is 48.7 Å². The molecule has 92 valence electrons. The largest absolute Gasteiger partial charge is 2.00 e. The fourth-order valence-electron chi connectivity index (χ4n) is 0.854.